The van der Waals surface area contributed by atoms with Gasteiger partial charge >= 0.3 is 0 Å². The standard InChI is InChI=1S/C7H10N6S/c1-13-4-5(10-11-13)2-6(8)7-3-9-12-14-7/h3-4,6H,2,8H2,1H3. The second kappa shape index (κ2) is 3.81. The SMILES string of the molecule is Cn1cc(CC(N)c2cnns2)nn1. The Morgan fingerprint density at radius 3 is 3.07 bits per heavy atom. The van der Waals surface area contributed by atoms with Crippen LogP contribution in [0.4, 0.5) is 0 Å². The number of hydrogen-bond acceptors (Lipinski definition) is 6. The maximum atomic E-state index is 5.93. The van der Waals surface area contributed by atoms with E-state index in [-0.39, 0.29) is 6.04 Å². The third kappa shape index (κ3) is 1.94. The van der Waals surface area contributed by atoms with Crippen molar-refractivity contribution in [1.82, 2.24) is 24.6 Å². The van der Waals surface area contributed by atoms with Gasteiger partial charge in [0, 0.05) is 25.7 Å². The lowest BCUT2D eigenvalue weighted by Crippen LogP contribution is -2.12. The second-order valence-electron chi connectivity index (χ2n) is 3.01. The minimum atomic E-state index is -0.0910. The highest BCUT2D eigenvalue weighted by molar-refractivity contribution is 7.05. The molecular formula is C7H10N6S. The molecule has 7 heteroatoms. The number of rotatable bonds is 3. The summed E-state index contributed by atoms with van der Waals surface area (Å²) in [6.07, 6.45) is 4.21. The van der Waals surface area contributed by atoms with Gasteiger partial charge < -0.3 is 5.73 Å². The third-order valence-electron chi connectivity index (χ3n) is 1.82. The van der Waals surface area contributed by atoms with E-state index in [1.807, 2.05) is 13.2 Å². The van der Waals surface area contributed by atoms with Crippen molar-refractivity contribution in [2.45, 2.75) is 12.5 Å². The molecular weight excluding hydrogens is 200 g/mol. The van der Waals surface area contributed by atoms with Crippen LogP contribution >= 0.6 is 11.5 Å². The highest BCUT2D eigenvalue weighted by Crippen LogP contribution is 2.16. The molecule has 2 aromatic heterocycles. The molecule has 0 aliphatic heterocycles. The van der Waals surface area contributed by atoms with Gasteiger partial charge in [-0.3, -0.25) is 4.68 Å². The molecule has 0 saturated heterocycles. The van der Waals surface area contributed by atoms with Crippen LogP contribution in [0.1, 0.15) is 16.6 Å². The maximum Gasteiger partial charge on any atom is 0.0846 e. The van der Waals surface area contributed by atoms with Crippen molar-refractivity contribution >= 4 is 11.5 Å². The van der Waals surface area contributed by atoms with Crippen molar-refractivity contribution in [2.75, 3.05) is 0 Å². The first-order valence-corrected chi connectivity index (χ1v) is 4.91. The first kappa shape index (κ1) is 9.22. The lowest BCUT2D eigenvalue weighted by molar-refractivity contribution is 0.699. The maximum absolute atomic E-state index is 5.93. The first-order valence-electron chi connectivity index (χ1n) is 4.14. The van der Waals surface area contributed by atoms with Crippen molar-refractivity contribution in [2.24, 2.45) is 12.8 Å². The summed E-state index contributed by atoms with van der Waals surface area (Å²) in [4.78, 5) is 0.968. The summed E-state index contributed by atoms with van der Waals surface area (Å²) >= 11 is 1.32. The Hall–Kier alpha value is -1.34. The highest BCUT2D eigenvalue weighted by Gasteiger charge is 2.11. The fourth-order valence-corrected chi connectivity index (χ4v) is 1.65. The van der Waals surface area contributed by atoms with Crippen LogP contribution in [0, 0.1) is 0 Å². The summed E-state index contributed by atoms with van der Waals surface area (Å²) in [5.41, 5.74) is 6.82. The molecule has 2 heterocycles. The van der Waals surface area contributed by atoms with E-state index in [0.717, 1.165) is 10.6 Å². The van der Waals surface area contributed by atoms with Crippen molar-refractivity contribution in [3.8, 4) is 0 Å². The van der Waals surface area contributed by atoms with Crippen LogP contribution < -0.4 is 5.73 Å². The average Bonchev–Trinajstić information content (AvgIpc) is 2.75. The van der Waals surface area contributed by atoms with Crippen LogP contribution in [0.5, 0.6) is 0 Å². The van der Waals surface area contributed by atoms with Crippen LogP contribution in [-0.2, 0) is 13.5 Å². The Kier molecular flexibility index (Phi) is 2.51. The van der Waals surface area contributed by atoms with E-state index >= 15 is 0 Å². The van der Waals surface area contributed by atoms with Crippen LogP contribution in [0.25, 0.3) is 0 Å². The van der Waals surface area contributed by atoms with E-state index in [0.29, 0.717) is 6.42 Å². The van der Waals surface area contributed by atoms with Crippen molar-refractivity contribution in [1.29, 1.82) is 0 Å². The molecule has 0 saturated carbocycles. The molecule has 0 amide bonds. The molecule has 0 aliphatic rings. The molecule has 2 aromatic rings. The fraction of sp³-hybridized carbons (Fsp3) is 0.429. The van der Waals surface area contributed by atoms with Gasteiger partial charge in [-0.15, -0.1) is 10.2 Å². The smallest absolute Gasteiger partial charge is 0.0846 e. The highest BCUT2D eigenvalue weighted by atomic mass is 32.1. The molecule has 0 aliphatic carbocycles. The Morgan fingerprint density at radius 2 is 2.50 bits per heavy atom. The third-order valence-corrected chi connectivity index (χ3v) is 2.62. The van der Waals surface area contributed by atoms with E-state index in [1.54, 1.807) is 10.9 Å². The molecule has 2 N–H and O–H groups in total. The average molecular weight is 210 g/mol. The van der Waals surface area contributed by atoms with E-state index < -0.39 is 0 Å². The van der Waals surface area contributed by atoms with Gasteiger partial charge in [-0.05, 0) is 11.5 Å². The van der Waals surface area contributed by atoms with Crippen LogP contribution in [0.3, 0.4) is 0 Å². The van der Waals surface area contributed by atoms with E-state index in [9.17, 15) is 0 Å². The monoisotopic (exact) mass is 210 g/mol. The zero-order chi connectivity index (χ0) is 9.97. The van der Waals surface area contributed by atoms with Gasteiger partial charge in [-0.2, -0.15) is 0 Å². The molecule has 6 nitrogen and oxygen atoms in total. The fourth-order valence-electron chi connectivity index (χ4n) is 1.15. The van der Waals surface area contributed by atoms with Gasteiger partial charge in [0.25, 0.3) is 0 Å². The molecule has 0 radical (unpaired) electrons. The molecule has 1 atom stereocenters. The summed E-state index contributed by atoms with van der Waals surface area (Å²) in [5, 5.41) is 11.5. The van der Waals surface area contributed by atoms with Crippen LogP contribution in [-0.4, -0.2) is 24.6 Å². The van der Waals surface area contributed by atoms with E-state index in [1.165, 1.54) is 11.5 Å². The molecule has 14 heavy (non-hydrogen) atoms. The van der Waals surface area contributed by atoms with Crippen LogP contribution in [0.15, 0.2) is 12.4 Å². The van der Waals surface area contributed by atoms with Crippen molar-refractivity contribution < 1.29 is 0 Å². The van der Waals surface area contributed by atoms with Crippen molar-refractivity contribution in [3.63, 3.8) is 0 Å². The number of aryl methyl sites for hydroxylation is 1. The van der Waals surface area contributed by atoms with E-state index in [4.69, 9.17) is 5.73 Å². The Labute approximate surface area is 84.9 Å². The second-order valence-corrected chi connectivity index (χ2v) is 3.83. The Morgan fingerprint density at radius 1 is 1.64 bits per heavy atom. The number of aromatic nitrogens is 5. The zero-order valence-corrected chi connectivity index (χ0v) is 8.48. The first-order chi connectivity index (χ1) is 6.75. The number of hydrogen-bond donors (Lipinski definition) is 1. The molecule has 2 rings (SSSR count). The van der Waals surface area contributed by atoms with Gasteiger partial charge in [-0.1, -0.05) is 9.70 Å². The van der Waals surface area contributed by atoms with Crippen molar-refractivity contribution in [3.05, 3.63) is 23.0 Å². The lowest BCUT2D eigenvalue weighted by Gasteiger charge is -2.03. The lowest BCUT2D eigenvalue weighted by atomic mass is 10.1. The Balaban J connectivity index is 2.05. The largest absolute Gasteiger partial charge is 0.323 e. The number of nitrogens with zero attached hydrogens (tertiary/aromatic N) is 5. The molecule has 0 fully saturated rings. The summed E-state index contributed by atoms with van der Waals surface area (Å²) in [6, 6.07) is -0.0910. The van der Waals surface area contributed by atoms with Gasteiger partial charge in [0.1, 0.15) is 0 Å². The van der Waals surface area contributed by atoms with E-state index in [2.05, 4.69) is 19.9 Å². The topological polar surface area (TPSA) is 82.5 Å². The quantitative estimate of drug-likeness (QED) is 0.765. The molecule has 0 bridgehead atoms. The summed E-state index contributed by atoms with van der Waals surface area (Å²) in [7, 11) is 1.83. The predicted octanol–water partition coefficient (Wildman–Crippen LogP) is -0.0909. The summed E-state index contributed by atoms with van der Waals surface area (Å²) in [6.45, 7) is 0. The minimum absolute atomic E-state index is 0.0910. The molecule has 1 unspecified atom stereocenters. The van der Waals surface area contributed by atoms with Gasteiger partial charge in [-0.25, -0.2) is 0 Å². The number of nitrogens with two attached hydrogens (primary N) is 1. The summed E-state index contributed by atoms with van der Waals surface area (Å²) < 4.78 is 5.42. The Bertz CT molecular complexity index is 394. The molecule has 74 valence electrons. The summed E-state index contributed by atoms with van der Waals surface area (Å²) in [5.74, 6) is 0. The van der Waals surface area contributed by atoms with Gasteiger partial charge in [0.15, 0.2) is 0 Å². The van der Waals surface area contributed by atoms with Gasteiger partial charge in [0.05, 0.1) is 16.8 Å². The van der Waals surface area contributed by atoms with Gasteiger partial charge in [0.2, 0.25) is 0 Å². The minimum Gasteiger partial charge on any atom is -0.323 e. The van der Waals surface area contributed by atoms with Crippen LogP contribution in [0.2, 0.25) is 0 Å². The predicted molar refractivity (Wildman–Crippen MR) is 51.5 cm³/mol. The zero-order valence-electron chi connectivity index (χ0n) is 7.66. The molecule has 0 spiro atoms. The molecule has 0 aromatic carbocycles. The normalized spacial score (nSPS) is 13.0.